The van der Waals surface area contributed by atoms with Crippen molar-refractivity contribution in [3.63, 3.8) is 0 Å². The second kappa shape index (κ2) is 5.53. The third-order valence-electron chi connectivity index (χ3n) is 3.34. The van der Waals surface area contributed by atoms with Crippen LogP contribution in [0.3, 0.4) is 0 Å². The summed E-state index contributed by atoms with van der Waals surface area (Å²) in [7, 11) is 0. The average Bonchev–Trinajstić information content (AvgIpc) is 2.38. The largest absolute Gasteiger partial charge is 0.479 e. The first-order chi connectivity index (χ1) is 8.58. The van der Waals surface area contributed by atoms with Crippen LogP contribution in [0.25, 0.3) is 0 Å². The Kier molecular flexibility index (Phi) is 4.03. The molecule has 7 nitrogen and oxygen atoms in total. The summed E-state index contributed by atoms with van der Waals surface area (Å²) in [5.41, 5.74) is 5.84. The lowest BCUT2D eigenvalue weighted by atomic mass is 10.1. The number of carboxylic acid groups (broad SMARTS) is 1. The van der Waals surface area contributed by atoms with Gasteiger partial charge in [0.05, 0.1) is 13.2 Å². The SMILES string of the molecule is NC1CCCN(C(=O)N2CCOC(C(=O)O)C2)C1. The second-order valence-corrected chi connectivity index (χ2v) is 4.77. The number of nitrogens with zero attached hydrogens (tertiary/aromatic N) is 2. The fraction of sp³-hybridized carbons (Fsp3) is 0.818. The highest BCUT2D eigenvalue weighted by Gasteiger charge is 2.32. The van der Waals surface area contributed by atoms with Gasteiger partial charge >= 0.3 is 12.0 Å². The van der Waals surface area contributed by atoms with Gasteiger partial charge in [-0.05, 0) is 12.8 Å². The van der Waals surface area contributed by atoms with Crippen molar-refractivity contribution in [2.24, 2.45) is 5.73 Å². The van der Waals surface area contributed by atoms with Crippen molar-refractivity contribution < 1.29 is 19.4 Å². The first-order valence-electron chi connectivity index (χ1n) is 6.22. The first-order valence-corrected chi connectivity index (χ1v) is 6.22. The van der Waals surface area contributed by atoms with Gasteiger partial charge in [-0.25, -0.2) is 9.59 Å². The number of piperidine rings is 1. The number of carboxylic acids is 1. The molecule has 102 valence electrons. The van der Waals surface area contributed by atoms with E-state index >= 15 is 0 Å². The van der Waals surface area contributed by atoms with E-state index in [2.05, 4.69) is 0 Å². The third kappa shape index (κ3) is 2.91. The Morgan fingerprint density at radius 1 is 1.22 bits per heavy atom. The maximum absolute atomic E-state index is 12.2. The highest BCUT2D eigenvalue weighted by atomic mass is 16.5. The summed E-state index contributed by atoms with van der Waals surface area (Å²) in [5, 5.41) is 8.89. The predicted molar refractivity (Wildman–Crippen MR) is 63.1 cm³/mol. The van der Waals surface area contributed by atoms with Crippen LogP contribution < -0.4 is 5.73 Å². The quantitative estimate of drug-likeness (QED) is 0.648. The Bertz CT molecular complexity index is 336. The zero-order chi connectivity index (χ0) is 13.1. The van der Waals surface area contributed by atoms with Crippen LogP contribution in [0.4, 0.5) is 4.79 Å². The minimum Gasteiger partial charge on any atom is -0.479 e. The predicted octanol–water partition coefficient (Wildman–Crippen LogP) is -0.685. The maximum atomic E-state index is 12.2. The zero-order valence-corrected chi connectivity index (χ0v) is 10.2. The number of hydrogen-bond acceptors (Lipinski definition) is 4. The molecule has 0 bridgehead atoms. The molecular formula is C11H19N3O4. The van der Waals surface area contributed by atoms with Crippen LogP contribution >= 0.6 is 0 Å². The minimum absolute atomic E-state index is 0.0269. The van der Waals surface area contributed by atoms with Gasteiger partial charge in [-0.3, -0.25) is 0 Å². The van der Waals surface area contributed by atoms with Crippen LogP contribution in [0, 0.1) is 0 Å². The molecule has 2 aliphatic rings. The molecule has 7 heteroatoms. The molecule has 2 fully saturated rings. The lowest BCUT2D eigenvalue weighted by Crippen LogP contribution is -2.56. The molecule has 0 saturated carbocycles. The Hall–Kier alpha value is -1.34. The van der Waals surface area contributed by atoms with Gasteiger partial charge in [0, 0.05) is 25.7 Å². The zero-order valence-electron chi connectivity index (χ0n) is 10.2. The van der Waals surface area contributed by atoms with E-state index in [-0.39, 0.29) is 25.2 Å². The van der Waals surface area contributed by atoms with Gasteiger partial charge in [0.15, 0.2) is 6.10 Å². The number of hydrogen-bond donors (Lipinski definition) is 2. The molecule has 0 aromatic heterocycles. The van der Waals surface area contributed by atoms with Crippen molar-refractivity contribution in [1.82, 2.24) is 9.80 Å². The van der Waals surface area contributed by atoms with E-state index in [9.17, 15) is 9.59 Å². The van der Waals surface area contributed by atoms with E-state index < -0.39 is 12.1 Å². The fourth-order valence-electron chi connectivity index (χ4n) is 2.36. The molecule has 2 saturated heterocycles. The molecule has 0 aromatic rings. The molecule has 2 heterocycles. The topological polar surface area (TPSA) is 96.1 Å². The Morgan fingerprint density at radius 2 is 1.94 bits per heavy atom. The maximum Gasteiger partial charge on any atom is 0.334 e. The van der Waals surface area contributed by atoms with Crippen LogP contribution in [-0.2, 0) is 9.53 Å². The molecule has 2 atom stereocenters. The molecular weight excluding hydrogens is 238 g/mol. The van der Waals surface area contributed by atoms with Crippen molar-refractivity contribution in [2.45, 2.75) is 25.0 Å². The summed E-state index contributed by atoms with van der Waals surface area (Å²) >= 11 is 0. The van der Waals surface area contributed by atoms with Crippen molar-refractivity contribution >= 4 is 12.0 Å². The number of likely N-dealkylation sites (tertiary alicyclic amines) is 1. The van der Waals surface area contributed by atoms with E-state index in [1.165, 1.54) is 0 Å². The average molecular weight is 257 g/mol. The number of carbonyl (C=O) groups is 2. The number of aliphatic carboxylic acids is 1. The summed E-state index contributed by atoms with van der Waals surface area (Å²) < 4.78 is 5.09. The molecule has 0 spiro atoms. The van der Waals surface area contributed by atoms with Crippen molar-refractivity contribution in [1.29, 1.82) is 0 Å². The van der Waals surface area contributed by atoms with E-state index in [0.29, 0.717) is 19.6 Å². The molecule has 2 rings (SSSR count). The monoisotopic (exact) mass is 257 g/mol. The van der Waals surface area contributed by atoms with Crippen molar-refractivity contribution in [3.8, 4) is 0 Å². The highest BCUT2D eigenvalue weighted by Crippen LogP contribution is 2.13. The number of carbonyl (C=O) groups excluding carboxylic acids is 1. The number of urea groups is 1. The number of rotatable bonds is 1. The van der Waals surface area contributed by atoms with Gasteiger partial charge < -0.3 is 25.4 Å². The van der Waals surface area contributed by atoms with Gasteiger partial charge in [0.2, 0.25) is 0 Å². The lowest BCUT2D eigenvalue weighted by molar-refractivity contribution is -0.154. The molecule has 3 N–H and O–H groups in total. The summed E-state index contributed by atoms with van der Waals surface area (Å²) in [5.74, 6) is -1.03. The van der Waals surface area contributed by atoms with Crippen molar-refractivity contribution in [2.75, 3.05) is 32.8 Å². The standard InChI is InChI=1S/C11H19N3O4/c12-8-2-1-3-13(6-8)11(17)14-4-5-18-9(7-14)10(15)16/h8-9H,1-7,12H2,(H,15,16). The number of amides is 2. The second-order valence-electron chi connectivity index (χ2n) is 4.77. The highest BCUT2D eigenvalue weighted by molar-refractivity contribution is 5.77. The minimum atomic E-state index is -1.03. The molecule has 0 radical (unpaired) electrons. The molecule has 2 amide bonds. The molecule has 0 aromatic carbocycles. The lowest BCUT2D eigenvalue weighted by Gasteiger charge is -2.38. The molecule has 2 unspecified atom stereocenters. The van der Waals surface area contributed by atoms with Crippen LogP contribution in [0.1, 0.15) is 12.8 Å². The summed E-state index contributed by atoms with van der Waals surface area (Å²) in [6, 6.07) is -0.0984. The first kappa shape index (κ1) is 13.1. The van der Waals surface area contributed by atoms with Gasteiger partial charge in [-0.2, -0.15) is 0 Å². The van der Waals surface area contributed by atoms with Crippen LogP contribution in [0.2, 0.25) is 0 Å². The molecule has 18 heavy (non-hydrogen) atoms. The summed E-state index contributed by atoms with van der Waals surface area (Å²) in [6.45, 7) is 2.06. The number of ether oxygens (including phenoxy) is 1. The smallest absolute Gasteiger partial charge is 0.334 e. The van der Waals surface area contributed by atoms with Gasteiger partial charge in [0.1, 0.15) is 0 Å². The van der Waals surface area contributed by atoms with Gasteiger partial charge in [-0.1, -0.05) is 0 Å². The number of morpholine rings is 1. The van der Waals surface area contributed by atoms with Crippen LogP contribution in [-0.4, -0.2) is 71.8 Å². The Balaban J connectivity index is 1.93. The van der Waals surface area contributed by atoms with Gasteiger partial charge in [-0.15, -0.1) is 0 Å². The molecule has 2 aliphatic heterocycles. The fourth-order valence-corrected chi connectivity index (χ4v) is 2.36. The number of nitrogens with two attached hydrogens (primary N) is 1. The Labute approximate surface area is 105 Å². The Morgan fingerprint density at radius 3 is 2.61 bits per heavy atom. The summed E-state index contributed by atoms with van der Waals surface area (Å²) in [4.78, 5) is 26.3. The van der Waals surface area contributed by atoms with Crippen LogP contribution in [0.5, 0.6) is 0 Å². The van der Waals surface area contributed by atoms with Crippen LogP contribution in [0.15, 0.2) is 0 Å². The third-order valence-corrected chi connectivity index (χ3v) is 3.34. The molecule has 0 aliphatic carbocycles. The summed E-state index contributed by atoms with van der Waals surface area (Å²) in [6.07, 6.45) is 0.922. The van der Waals surface area contributed by atoms with E-state index in [1.807, 2.05) is 0 Å². The van der Waals surface area contributed by atoms with Gasteiger partial charge in [0.25, 0.3) is 0 Å². The van der Waals surface area contributed by atoms with Crippen molar-refractivity contribution in [3.05, 3.63) is 0 Å². The van der Waals surface area contributed by atoms with E-state index in [1.54, 1.807) is 9.80 Å². The van der Waals surface area contributed by atoms with E-state index in [0.717, 1.165) is 12.8 Å². The van der Waals surface area contributed by atoms with E-state index in [4.69, 9.17) is 15.6 Å². The normalized spacial score (nSPS) is 29.2.